The van der Waals surface area contributed by atoms with E-state index < -0.39 is 0 Å². The van der Waals surface area contributed by atoms with E-state index in [9.17, 15) is 0 Å². The highest BCUT2D eigenvalue weighted by Gasteiger charge is 2.08. The summed E-state index contributed by atoms with van der Waals surface area (Å²) in [6.07, 6.45) is 1.02. The number of para-hydroxylation sites is 1. The summed E-state index contributed by atoms with van der Waals surface area (Å²) >= 11 is 1.67. The molecule has 0 spiro atoms. The Morgan fingerprint density at radius 1 is 0.969 bits per heavy atom. The molecule has 4 aromatic rings. The van der Waals surface area contributed by atoms with Gasteiger partial charge < -0.3 is 10.1 Å². The predicted octanol–water partition coefficient (Wildman–Crippen LogP) is 4.82. The lowest BCUT2D eigenvalue weighted by Crippen LogP contribution is -2.15. The first-order valence-electron chi connectivity index (χ1n) is 10.7. The van der Waals surface area contributed by atoms with Crippen molar-refractivity contribution in [1.29, 1.82) is 0 Å². The van der Waals surface area contributed by atoms with Gasteiger partial charge in [-0.3, -0.25) is 0 Å². The van der Waals surface area contributed by atoms with Crippen LogP contribution in [0.2, 0.25) is 0 Å². The molecular weight excluding hydrogens is 418 g/mol. The molecule has 0 aliphatic rings. The topological polar surface area (TPSA) is 64.9 Å². The van der Waals surface area contributed by atoms with Gasteiger partial charge in [-0.1, -0.05) is 66.4 Å². The Morgan fingerprint density at radius 2 is 1.81 bits per heavy atom. The van der Waals surface area contributed by atoms with Gasteiger partial charge in [-0.2, -0.15) is 4.68 Å². The van der Waals surface area contributed by atoms with Crippen LogP contribution < -0.4 is 10.1 Å². The molecule has 0 saturated heterocycles. The van der Waals surface area contributed by atoms with Crippen LogP contribution >= 0.6 is 11.8 Å². The largest absolute Gasteiger partial charge is 0.489 e. The maximum atomic E-state index is 6.00. The number of rotatable bonds is 11. The van der Waals surface area contributed by atoms with E-state index in [4.69, 9.17) is 4.74 Å². The number of hydrogen-bond donors (Lipinski definition) is 1. The Hall–Kier alpha value is -3.16. The highest BCUT2D eigenvalue weighted by molar-refractivity contribution is 7.99. The molecule has 0 aliphatic carbocycles. The molecule has 6 nitrogen and oxygen atoms in total. The fraction of sp³-hybridized carbons (Fsp3) is 0.240. The third-order valence-corrected chi connectivity index (χ3v) is 6.06. The average molecular weight is 446 g/mol. The Labute approximate surface area is 193 Å². The molecule has 3 aromatic carbocycles. The summed E-state index contributed by atoms with van der Waals surface area (Å²) in [5.41, 5.74) is 4.66. The van der Waals surface area contributed by atoms with E-state index in [1.165, 1.54) is 16.7 Å². The maximum absolute atomic E-state index is 6.00. The zero-order chi connectivity index (χ0) is 22.0. The molecule has 4 rings (SSSR count). The number of nitrogens with one attached hydrogen (secondary N) is 1. The Balaban J connectivity index is 1.18. The van der Waals surface area contributed by atoms with Gasteiger partial charge in [0.05, 0.1) is 5.69 Å². The van der Waals surface area contributed by atoms with Crippen molar-refractivity contribution in [2.75, 3.05) is 12.3 Å². The first-order valence-corrected chi connectivity index (χ1v) is 11.7. The van der Waals surface area contributed by atoms with Crippen LogP contribution in [0, 0.1) is 6.92 Å². The summed E-state index contributed by atoms with van der Waals surface area (Å²) in [6.45, 7) is 4.44. The summed E-state index contributed by atoms with van der Waals surface area (Å²) in [5.74, 6) is 1.84. The van der Waals surface area contributed by atoms with Crippen molar-refractivity contribution in [2.45, 2.75) is 31.7 Å². The number of thioether (sulfide) groups is 1. The number of hydrogen-bond acceptors (Lipinski definition) is 6. The Kier molecular flexibility index (Phi) is 7.89. The van der Waals surface area contributed by atoms with Crippen LogP contribution in [0.15, 0.2) is 84.0 Å². The number of nitrogens with zero attached hydrogens (tertiary/aromatic N) is 4. The molecule has 7 heteroatoms. The van der Waals surface area contributed by atoms with Gasteiger partial charge >= 0.3 is 0 Å². The third kappa shape index (κ3) is 6.18. The first-order chi connectivity index (χ1) is 15.8. The van der Waals surface area contributed by atoms with E-state index in [1.54, 1.807) is 16.4 Å². The highest BCUT2D eigenvalue weighted by Crippen LogP contribution is 2.19. The van der Waals surface area contributed by atoms with E-state index >= 15 is 0 Å². The normalized spacial score (nSPS) is 10.9. The number of tetrazole rings is 1. The average Bonchev–Trinajstić information content (AvgIpc) is 3.30. The van der Waals surface area contributed by atoms with E-state index in [1.807, 2.05) is 48.5 Å². The Morgan fingerprint density at radius 3 is 2.69 bits per heavy atom. The molecule has 32 heavy (non-hydrogen) atoms. The van der Waals surface area contributed by atoms with Crippen molar-refractivity contribution < 1.29 is 4.74 Å². The van der Waals surface area contributed by atoms with Gasteiger partial charge in [0.25, 0.3) is 0 Å². The lowest BCUT2D eigenvalue weighted by molar-refractivity contribution is 0.305. The second-order valence-corrected chi connectivity index (χ2v) is 8.51. The fourth-order valence-corrected chi connectivity index (χ4v) is 4.10. The first kappa shape index (κ1) is 22.0. The van der Waals surface area contributed by atoms with Gasteiger partial charge in [0.1, 0.15) is 12.4 Å². The number of aromatic nitrogens is 4. The van der Waals surface area contributed by atoms with Crippen molar-refractivity contribution in [3.8, 4) is 11.4 Å². The lowest BCUT2D eigenvalue weighted by Gasteiger charge is -2.10. The van der Waals surface area contributed by atoms with Crippen molar-refractivity contribution in [3.63, 3.8) is 0 Å². The molecular formula is C25H27N5OS. The van der Waals surface area contributed by atoms with Crippen LogP contribution in [0.4, 0.5) is 0 Å². The molecule has 1 heterocycles. The molecule has 0 fully saturated rings. The van der Waals surface area contributed by atoms with Crippen LogP contribution in [0.5, 0.6) is 5.75 Å². The second-order valence-electron chi connectivity index (χ2n) is 7.45. The molecule has 0 amide bonds. The zero-order valence-electron chi connectivity index (χ0n) is 18.1. The van der Waals surface area contributed by atoms with E-state index in [0.29, 0.717) is 6.61 Å². The van der Waals surface area contributed by atoms with Crippen molar-refractivity contribution in [3.05, 3.63) is 95.6 Å². The molecule has 0 bridgehead atoms. The van der Waals surface area contributed by atoms with Crippen LogP contribution in [0.3, 0.4) is 0 Å². The second kappa shape index (κ2) is 11.5. The van der Waals surface area contributed by atoms with Gasteiger partial charge in [0.15, 0.2) is 0 Å². The minimum absolute atomic E-state index is 0.587. The standard InChI is InChI=1S/C25H27N5OS/c1-20-9-5-6-11-22(20)19-31-24-14-7-10-21(17-24)18-26-15-8-16-32-25-27-28-29-30(25)23-12-3-2-4-13-23/h2-7,9-14,17,26H,8,15-16,18-19H2,1H3. The van der Waals surface area contributed by atoms with Crippen LogP contribution in [0.1, 0.15) is 23.1 Å². The number of ether oxygens (including phenoxy) is 1. The molecule has 0 saturated carbocycles. The van der Waals surface area contributed by atoms with E-state index in [-0.39, 0.29) is 0 Å². The molecule has 0 atom stereocenters. The monoisotopic (exact) mass is 445 g/mol. The van der Waals surface area contributed by atoms with Gasteiger partial charge in [-0.15, -0.1) is 5.10 Å². The summed E-state index contributed by atoms with van der Waals surface area (Å²) in [6, 6.07) is 26.6. The van der Waals surface area contributed by atoms with Crippen LogP contribution in [-0.4, -0.2) is 32.5 Å². The third-order valence-electron chi connectivity index (χ3n) is 5.05. The van der Waals surface area contributed by atoms with Crippen LogP contribution in [-0.2, 0) is 13.2 Å². The van der Waals surface area contributed by atoms with Crippen LogP contribution in [0.25, 0.3) is 5.69 Å². The molecule has 0 radical (unpaired) electrons. The smallest absolute Gasteiger partial charge is 0.214 e. The van der Waals surface area contributed by atoms with Crippen molar-refractivity contribution in [2.24, 2.45) is 0 Å². The minimum Gasteiger partial charge on any atom is -0.489 e. The molecule has 0 unspecified atom stereocenters. The van der Waals surface area contributed by atoms with E-state index in [2.05, 4.69) is 58.1 Å². The minimum atomic E-state index is 0.587. The number of benzene rings is 3. The summed E-state index contributed by atoms with van der Waals surface area (Å²) in [7, 11) is 0. The number of aryl methyl sites for hydroxylation is 1. The maximum Gasteiger partial charge on any atom is 0.214 e. The van der Waals surface area contributed by atoms with Crippen molar-refractivity contribution in [1.82, 2.24) is 25.5 Å². The molecule has 1 N–H and O–H groups in total. The molecule has 164 valence electrons. The summed E-state index contributed by atoms with van der Waals surface area (Å²) in [5, 5.41) is 16.4. The van der Waals surface area contributed by atoms with E-state index in [0.717, 1.165) is 41.9 Å². The van der Waals surface area contributed by atoms with Gasteiger partial charge in [0, 0.05) is 12.3 Å². The van der Waals surface area contributed by atoms with Gasteiger partial charge in [-0.25, -0.2) is 0 Å². The molecule has 1 aromatic heterocycles. The zero-order valence-corrected chi connectivity index (χ0v) is 19.0. The predicted molar refractivity (Wildman–Crippen MR) is 128 cm³/mol. The van der Waals surface area contributed by atoms with Gasteiger partial charge in [0.2, 0.25) is 5.16 Å². The van der Waals surface area contributed by atoms with Gasteiger partial charge in [-0.05, 0) is 71.3 Å². The van der Waals surface area contributed by atoms with Crippen molar-refractivity contribution >= 4 is 11.8 Å². The lowest BCUT2D eigenvalue weighted by atomic mass is 10.1. The Bertz CT molecular complexity index is 1120. The summed E-state index contributed by atoms with van der Waals surface area (Å²) < 4.78 is 7.77. The SMILES string of the molecule is Cc1ccccc1COc1cccc(CNCCCSc2nnnn2-c2ccccc2)c1. The summed E-state index contributed by atoms with van der Waals surface area (Å²) in [4.78, 5) is 0. The molecule has 0 aliphatic heterocycles. The highest BCUT2D eigenvalue weighted by atomic mass is 32.2. The quantitative estimate of drug-likeness (QED) is 0.264. The fourth-order valence-electron chi connectivity index (χ4n) is 3.27.